The Labute approximate surface area is 680 Å². The molecular weight excluding hydrogens is 1510 g/mol. The first-order chi connectivity index (χ1) is 55.4. The van der Waals surface area contributed by atoms with Gasteiger partial charge in [0.15, 0.2) is 0 Å². The maximum absolute atomic E-state index is 15.5. The number of aliphatic hydroxyl groups excluding tert-OH is 3. The predicted molar refractivity (Wildman–Crippen MR) is 439 cm³/mol. The number of benzene rings is 5. The molecule has 0 radical (unpaired) electrons. The van der Waals surface area contributed by atoms with Crippen molar-refractivity contribution in [3.05, 3.63) is 173 Å². The van der Waals surface area contributed by atoms with Crippen LogP contribution in [0.25, 0.3) is 10.8 Å². The van der Waals surface area contributed by atoms with Crippen molar-refractivity contribution in [1.82, 2.24) is 63.1 Å². The molecule has 5 aromatic carbocycles. The van der Waals surface area contributed by atoms with Crippen molar-refractivity contribution in [2.45, 2.75) is 204 Å². The number of aliphatic hydroxyl groups is 3. The summed E-state index contributed by atoms with van der Waals surface area (Å²) in [5, 5.41) is 65.5. The van der Waals surface area contributed by atoms with E-state index in [1.807, 2.05) is 56.3 Å². The Morgan fingerprint density at radius 3 is 1.38 bits per heavy atom. The van der Waals surface area contributed by atoms with Gasteiger partial charge in [-0.1, -0.05) is 124 Å². The number of unbranched alkanes of at least 4 members (excludes halogenated alkanes) is 1. The first-order valence-corrected chi connectivity index (χ1v) is 39.5. The SMILES string of the molecule is CC(=O)N[C@H](Cc1ccc2ccccc2c1)C(=O)N[C@H](Cc1ccc(Cl)cc1)C(=O)N[C@H](Cc1cccnc1)C(=O)N[C@@H](CO)C(=O)N[C@@H](Cc1ccc(NC(=O)[C@H](N)CCO)cc1)C(=O)N[C@H](Cc1ccc(NC(=O)[C@@H](N)CCO)cc1)C(=O)N[C@@H](CC(C)C)C(=O)N[C@@H](CCCCNC(C)C)C(=O)N1CCC[C@H]1C(=O)N[C@H](C)N. The third-order valence-corrected chi connectivity index (χ3v) is 19.6. The fourth-order valence-electron chi connectivity index (χ4n) is 13.2. The van der Waals surface area contributed by atoms with Crippen molar-refractivity contribution in [2.75, 3.05) is 43.5 Å². The van der Waals surface area contributed by atoms with E-state index >= 15 is 14.4 Å². The lowest BCUT2D eigenvalue weighted by Crippen LogP contribution is -2.62. The smallest absolute Gasteiger partial charge is 0.245 e. The van der Waals surface area contributed by atoms with Crippen LogP contribution in [0.5, 0.6) is 0 Å². The third kappa shape index (κ3) is 30.1. The summed E-state index contributed by atoms with van der Waals surface area (Å²) in [7, 11) is 0. The Morgan fingerprint density at radius 2 is 0.914 bits per heavy atom. The standard InChI is InChI=1S/C83H112ClN17O15/c1-48(2)39-65(75(108)94-64(16-9-10-35-89-49(3)4)83(116)101-36-12-17-72(101)82(115)90-50(5)85)95-77(110)68(42-53-21-28-60(29-22-53)92-73(106)62(86)32-37-102)97-79(112)69(43-54-23-30-61(31-24-54)93-74(107)63(87)33-38-103)99-81(114)71(47-104)100-80(113)70(45-56-13-11-34-88-46-56)98-78(111)67(41-52-19-26-59(84)27-20-52)96-76(109)66(91-51(6)105)44-55-18-25-57-14-7-8-15-58(57)40-55/h7-8,11,13-15,18-31,34,40,46,48-50,62-72,89,102-104H,9-10,12,16-17,32-33,35-39,41-45,47,85-87H2,1-6H3,(H,90,115)(H,91,105)(H,92,106)(H,93,107)(H,94,108)(H,95,110)(H,96,109)(H,97,112)(H,98,111)(H,99,114)(H,100,113)/t50-,62+,63-,64+,65+,66-,67-,68-,69+,70-,71+,72+/m1/s1. The van der Waals surface area contributed by atoms with Crippen LogP contribution < -0.4 is 81.0 Å². The minimum absolute atomic E-state index is 0.00514. The minimum Gasteiger partial charge on any atom is -0.396 e. The number of carbonyl (C=O) groups is 12. The molecule has 6 aromatic rings. The number of halogens is 1. The van der Waals surface area contributed by atoms with E-state index in [9.17, 15) is 58.5 Å². The van der Waals surface area contributed by atoms with Crippen LogP contribution in [0.1, 0.15) is 121 Å². The molecule has 1 aliphatic heterocycles. The van der Waals surface area contributed by atoms with Crippen LogP contribution >= 0.6 is 11.6 Å². The molecule has 1 saturated heterocycles. The van der Waals surface area contributed by atoms with Gasteiger partial charge in [-0.2, -0.15) is 0 Å². The van der Waals surface area contributed by atoms with E-state index in [1.165, 1.54) is 60.6 Å². The number of pyridine rings is 1. The van der Waals surface area contributed by atoms with Crippen LogP contribution in [0.2, 0.25) is 5.02 Å². The van der Waals surface area contributed by atoms with Gasteiger partial charge < -0.3 is 101 Å². The molecule has 626 valence electrons. The normalized spacial score (nSPS) is 15.5. The van der Waals surface area contributed by atoms with Crippen LogP contribution in [-0.2, 0) is 89.6 Å². The summed E-state index contributed by atoms with van der Waals surface area (Å²) in [5.41, 5.74) is 20.8. The van der Waals surface area contributed by atoms with Gasteiger partial charge in [-0.15, -0.1) is 0 Å². The average Bonchev–Trinajstić information content (AvgIpc) is 1.68. The van der Waals surface area contributed by atoms with Gasteiger partial charge in [0.05, 0.1) is 24.9 Å². The molecule has 1 aromatic heterocycles. The first-order valence-electron chi connectivity index (χ1n) is 39.1. The average molecular weight is 1620 g/mol. The van der Waals surface area contributed by atoms with Crippen molar-refractivity contribution in [3.63, 3.8) is 0 Å². The van der Waals surface area contributed by atoms with E-state index in [-0.39, 0.29) is 101 Å². The Morgan fingerprint density at radius 1 is 0.474 bits per heavy atom. The molecule has 116 heavy (non-hydrogen) atoms. The monoisotopic (exact) mass is 1620 g/mol. The Hall–Kier alpha value is -10.8. The summed E-state index contributed by atoms with van der Waals surface area (Å²) in [5.74, 6) is -9.51. The number of hydrogen-bond acceptors (Lipinski definition) is 20. The second-order valence-electron chi connectivity index (χ2n) is 29.9. The Bertz CT molecular complexity index is 4280. The van der Waals surface area contributed by atoms with Crippen LogP contribution in [-0.4, -0.2) is 208 Å². The Balaban J connectivity index is 1.22. The molecule has 33 heteroatoms. The van der Waals surface area contributed by atoms with Crippen LogP contribution in [0, 0.1) is 5.92 Å². The zero-order valence-corrected chi connectivity index (χ0v) is 67.1. The first kappa shape index (κ1) is 92.3. The lowest BCUT2D eigenvalue weighted by molar-refractivity contribution is -0.142. The van der Waals surface area contributed by atoms with Crippen molar-refractivity contribution in [1.29, 1.82) is 0 Å². The van der Waals surface area contributed by atoms with Gasteiger partial charge in [-0.3, -0.25) is 62.5 Å². The number of amides is 12. The molecule has 0 saturated carbocycles. The topological polar surface area (TPSA) is 504 Å². The van der Waals surface area contributed by atoms with Crippen molar-refractivity contribution in [2.24, 2.45) is 23.1 Å². The van der Waals surface area contributed by atoms with Gasteiger partial charge in [0, 0.05) is 93.6 Å². The molecule has 32 nitrogen and oxygen atoms in total. The zero-order chi connectivity index (χ0) is 84.5. The number of carbonyl (C=O) groups excluding carboxylic acids is 12. The van der Waals surface area contributed by atoms with E-state index in [1.54, 1.807) is 69.3 Å². The highest BCUT2D eigenvalue weighted by atomic mass is 35.5. The number of aromatic nitrogens is 1. The number of rotatable bonds is 45. The van der Waals surface area contributed by atoms with Crippen molar-refractivity contribution >= 4 is 105 Å². The van der Waals surface area contributed by atoms with E-state index < -0.39 is 150 Å². The molecule has 7 rings (SSSR count). The zero-order valence-electron chi connectivity index (χ0n) is 66.3. The maximum Gasteiger partial charge on any atom is 0.245 e. The highest BCUT2D eigenvalue weighted by Crippen LogP contribution is 2.23. The fraction of sp³-hybridized carbons (Fsp3) is 0.458. The molecule has 21 N–H and O–H groups in total. The van der Waals surface area contributed by atoms with Gasteiger partial charge in [-0.25, -0.2) is 0 Å². The lowest BCUT2D eigenvalue weighted by atomic mass is 9.99. The minimum atomic E-state index is -1.90. The number of likely N-dealkylation sites (tertiary alicyclic amines) is 1. The third-order valence-electron chi connectivity index (χ3n) is 19.3. The van der Waals surface area contributed by atoms with Crippen molar-refractivity contribution < 1.29 is 72.9 Å². The Kier molecular flexibility index (Phi) is 37.1. The summed E-state index contributed by atoms with van der Waals surface area (Å²) in [4.78, 5) is 178. The molecule has 12 amide bonds. The van der Waals surface area contributed by atoms with E-state index in [0.29, 0.717) is 65.1 Å². The van der Waals surface area contributed by atoms with Gasteiger partial charge in [0.25, 0.3) is 0 Å². The second kappa shape index (κ2) is 46.6. The number of anilines is 2. The number of fused-ring (bicyclic) bond motifs is 1. The number of nitrogens with two attached hydrogens (primary N) is 3. The fourth-order valence-corrected chi connectivity index (χ4v) is 13.3. The van der Waals surface area contributed by atoms with Gasteiger partial charge in [0.2, 0.25) is 70.9 Å². The second-order valence-corrected chi connectivity index (χ2v) is 30.3. The summed E-state index contributed by atoms with van der Waals surface area (Å²) in [6.45, 7) is 9.45. The summed E-state index contributed by atoms with van der Waals surface area (Å²) in [6, 6.07) is 20.1. The molecule has 0 bridgehead atoms. The maximum atomic E-state index is 15.5. The van der Waals surface area contributed by atoms with Gasteiger partial charge in [0.1, 0.15) is 54.4 Å². The molecule has 12 atom stereocenters. The summed E-state index contributed by atoms with van der Waals surface area (Å²) in [6.07, 6.45) is 3.10. The number of hydrogen-bond donors (Lipinski definition) is 18. The molecule has 0 aliphatic carbocycles. The largest absolute Gasteiger partial charge is 0.396 e. The van der Waals surface area contributed by atoms with Crippen molar-refractivity contribution in [3.8, 4) is 0 Å². The molecule has 0 spiro atoms. The van der Waals surface area contributed by atoms with E-state index in [4.69, 9.17) is 28.8 Å². The molecule has 1 fully saturated rings. The lowest BCUT2D eigenvalue weighted by Gasteiger charge is -2.31. The quantitative estimate of drug-likeness (QED) is 0.0189. The molecular formula is C83H112ClN17O15. The molecule has 0 unspecified atom stereocenters. The highest BCUT2D eigenvalue weighted by molar-refractivity contribution is 6.30. The molecule has 2 heterocycles. The van der Waals surface area contributed by atoms with Crippen LogP contribution in [0.3, 0.4) is 0 Å². The van der Waals surface area contributed by atoms with Crippen LogP contribution in [0.15, 0.2) is 140 Å². The summed E-state index contributed by atoms with van der Waals surface area (Å²) < 4.78 is 0. The summed E-state index contributed by atoms with van der Waals surface area (Å²) >= 11 is 6.27. The highest BCUT2D eigenvalue weighted by Gasteiger charge is 2.40. The molecule has 1 aliphatic rings. The van der Waals surface area contributed by atoms with E-state index in [0.717, 1.165) is 10.8 Å². The number of nitrogens with one attached hydrogen (secondary N) is 12. The predicted octanol–water partition coefficient (Wildman–Crippen LogP) is 1.21. The van der Waals surface area contributed by atoms with E-state index in [2.05, 4.69) is 68.8 Å². The van der Waals surface area contributed by atoms with Crippen LogP contribution in [0.4, 0.5) is 11.4 Å². The van der Waals surface area contributed by atoms with Gasteiger partial charge in [-0.05, 0) is 152 Å². The van der Waals surface area contributed by atoms with Gasteiger partial charge >= 0.3 is 0 Å². The number of nitrogens with zero attached hydrogens (tertiary/aromatic N) is 2.